The molecule has 0 saturated carbocycles. The molecule has 1 nitrogen and oxygen atoms in total. The fourth-order valence-electron chi connectivity index (χ4n) is 2.70. The molecule has 0 atom stereocenters. The monoisotopic (exact) mass is 259 g/mol. The highest BCUT2D eigenvalue weighted by atomic mass is 15.0. The molecule has 1 heterocycles. The molecule has 0 fully saturated rings. The van der Waals surface area contributed by atoms with Gasteiger partial charge in [-0.05, 0) is 38.1 Å². The van der Waals surface area contributed by atoms with Crippen molar-refractivity contribution in [2.75, 3.05) is 0 Å². The van der Waals surface area contributed by atoms with Crippen LogP contribution >= 0.6 is 0 Å². The van der Waals surface area contributed by atoms with Crippen LogP contribution in [-0.2, 0) is 0 Å². The first-order valence-electron chi connectivity index (χ1n) is 6.78. The summed E-state index contributed by atoms with van der Waals surface area (Å²) in [5, 5.41) is 3.69. The predicted molar refractivity (Wildman–Crippen MR) is 87.5 cm³/mol. The third-order valence-electron chi connectivity index (χ3n) is 3.46. The topological polar surface area (TPSA) is 4.93 Å². The highest BCUT2D eigenvalue weighted by Crippen LogP contribution is 2.16. The number of rotatable bonds is 2. The third-order valence-corrected chi connectivity index (χ3v) is 3.46. The standard InChI is InChI=1S/C19H17N/c1-4-18-17(13-14(2)3)16-11-7-8-12-19(16)20(18)15-9-5-6-10-15/h4-5,7-13H,2H2,1,3H3/b17-13-,18-4+. The molecule has 2 aromatic rings. The summed E-state index contributed by atoms with van der Waals surface area (Å²) in [6.07, 6.45) is 10.4. The summed E-state index contributed by atoms with van der Waals surface area (Å²) in [5.74, 6) is 0. The van der Waals surface area contributed by atoms with Crippen LogP contribution < -0.4 is 10.6 Å². The molecule has 98 valence electrons. The van der Waals surface area contributed by atoms with E-state index < -0.39 is 0 Å². The zero-order valence-electron chi connectivity index (χ0n) is 11.9. The van der Waals surface area contributed by atoms with Gasteiger partial charge in [0, 0.05) is 22.0 Å². The average Bonchev–Trinajstić information content (AvgIpc) is 3.04. The van der Waals surface area contributed by atoms with Gasteiger partial charge in [-0.2, -0.15) is 0 Å². The number of para-hydroxylation sites is 1. The maximum Gasteiger partial charge on any atom is 0.0545 e. The minimum absolute atomic E-state index is 1.06. The second-order valence-electron chi connectivity index (χ2n) is 5.00. The molecule has 1 aromatic heterocycles. The molecule has 0 saturated heterocycles. The van der Waals surface area contributed by atoms with Gasteiger partial charge in [-0.25, -0.2) is 0 Å². The largest absolute Gasteiger partial charge is 0.309 e. The Hall–Kier alpha value is -2.50. The molecule has 3 rings (SSSR count). The van der Waals surface area contributed by atoms with E-state index in [1.165, 1.54) is 21.5 Å². The van der Waals surface area contributed by atoms with Gasteiger partial charge in [0.25, 0.3) is 0 Å². The maximum absolute atomic E-state index is 4.02. The zero-order valence-corrected chi connectivity index (χ0v) is 11.9. The Bertz CT molecular complexity index is 911. The zero-order chi connectivity index (χ0) is 14.1. The minimum atomic E-state index is 1.06. The molecule has 0 radical (unpaired) electrons. The number of hydrogen-bond donors (Lipinski definition) is 0. The number of aromatic nitrogens is 1. The fourth-order valence-corrected chi connectivity index (χ4v) is 2.70. The number of nitrogens with zero attached hydrogens (tertiary/aromatic N) is 1. The molecule has 0 amide bonds. The number of hydrogen-bond acceptors (Lipinski definition) is 0. The second kappa shape index (κ2) is 4.88. The molecule has 20 heavy (non-hydrogen) atoms. The smallest absolute Gasteiger partial charge is 0.0545 e. The summed E-state index contributed by atoms with van der Waals surface area (Å²) in [5.41, 5.74) is 6.56. The summed E-state index contributed by atoms with van der Waals surface area (Å²) in [6.45, 7) is 8.13. The lowest BCUT2D eigenvalue weighted by atomic mass is 10.2. The van der Waals surface area contributed by atoms with Crippen molar-refractivity contribution in [2.24, 2.45) is 0 Å². The van der Waals surface area contributed by atoms with E-state index in [9.17, 15) is 0 Å². The molecular formula is C19H17N. The van der Waals surface area contributed by atoms with Gasteiger partial charge in [0.15, 0.2) is 0 Å². The Morgan fingerprint density at radius 1 is 1.30 bits per heavy atom. The van der Waals surface area contributed by atoms with Gasteiger partial charge in [0.05, 0.1) is 11.2 Å². The lowest BCUT2D eigenvalue weighted by molar-refractivity contribution is 1.11. The molecule has 0 bridgehead atoms. The van der Waals surface area contributed by atoms with Crippen molar-refractivity contribution in [2.45, 2.75) is 13.8 Å². The first-order chi connectivity index (χ1) is 9.72. The lowest BCUT2D eigenvalue weighted by Crippen LogP contribution is -2.28. The van der Waals surface area contributed by atoms with E-state index in [-0.39, 0.29) is 0 Å². The quantitative estimate of drug-likeness (QED) is 0.729. The molecule has 0 aliphatic heterocycles. The van der Waals surface area contributed by atoms with Gasteiger partial charge in [0.2, 0.25) is 0 Å². The Morgan fingerprint density at radius 2 is 2.10 bits per heavy atom. The number of benzene rings is 1. The van der Waals surface area contributed by atoms with E-state index in [0.717, 1.165) is 11.3 Å². The Balaban J connectivity index is 2.53. The summed E-state index contributed by atoms with van der Waals surface area (Å²) in [4.78, 5) is 0. The fraction of sp³-hybridized carbons (Fsp3) is 0.105. The highest BCUT2D eigenvalue weighted by Gasteiger charge is 2.09. The first-order valence-corrected chi connectivity index (χ1v) is 6.78. The van der Waals surface area contributed by atoms with Gasteiger partial charge in [-0.3, -0.25) is 0 Å². The normalized spacial score (nSPS) is 15.4. The number of allylic oxidation sites excluding steroid dienone is 4. The molecule has 0 unspecified atom stereocenters. The van der Waals surface area contributed by atoms with E-state index in [4.69, 9.17) is 0 Å². The van der Waals surface area contributed by atoms with Crippen LogP contribution in [-0.4, -0.2) is 4.57 Å². The van der Waals surface area contributed by atoms with E-state index in [0.29, 0.717) is 0 Å². The maximum atomic E-state index is 4.02. The molecule has 1 heteroatoms. The van der Waals surface area contributed by atoms with E-state index >= 15 is 0 Å². The van der Waals surface area contributed by atoms with Crippen LogP contribution in [0.25, 0.3) is 28.8 Å². The highest BCUT2D eigenvalue weighted by molar-refractivity contribution is 5.87. The van der Waals surface area contributed by atoms with Crippen molar-refractivity contribution in [3.8, 4) is 0 Å². The lowest BCUT2D eigenvalue weighted by Gasteiger charge is -2.04. The predicted octanol–water partition coefficient (Wildman–Crippen LogP) is 3.36. The van der Waals surface area contributed by atoms with Crippen LogP contribution in [0.4, 0.5) is 0 Å². The average molecular weight is 259 g/mol. The van der Waals surface area contributed by atoms with Gasteiger partial charge >= 0.3 is 0 Å². The van der Waals surface area contributed by atoms with E-state index in [2.05, 4.69) is 66.3 Å². The number of fused-ring (bicyclic) bond motifs is 1. The van der Waals surface area contributed by atoms with E-state index in [1.54, 1.807) is 0 Å². The van der Waals surface area contributed by atoms with Crippen molar-refractivity contribution in [1.82, 2.24) is 4.57 Å². The van der Waals surface area contributed by atoms with Crippen LogP contribution in [0.3, 0.4) is 0 Å². The van der Waals surface area contributed by atoms with Crippen LogP contribution in [0.5, 0.6) is 0 Å². The third kappa shape index (κ3) is 1.89. The molecule has 0 N–H and O–H groups in total. The Morgan fingerprint density at radius 3 is 2.75 bits per heavy atom. The first kappa shape index (κ1) is 12.5. The van der Waals surface area contributed by atoms with Crippen LogP contribution in [0.1, 0.15) is 13.8 Å². The van der Waals surface area contributed by atoms with E-state index in [1.807, 2.05) is 19.1 Å². The Labute approximate surface area is 118 Å². The van der Waals surface area contributed by atoms with Crippen LogP contribution in [0.15, 0.2) is 60.4 Å². The summed E-state index contributed by atoms with van der Waals surface area (Å²) < 4.78 is 2.28. The summed E-state index contributed by atoms with van der Waals surface area (Å²) >= 11 is 0. The van der Waals surface area contributed by atoms with Crippen molar-refractivity contribution in [3.05, 3.63) is 70.9 Å². The molecule has 0 spiro atoms. The summed E-state index contributed by atoms with van der Waals surface area (Å²) in [7, 11) is 0. The molecule has 1 aliphatic rings. The summed E-state index contributed by atoms with van der Waals surface area (Å²) in [6, 6.07) is 8.49. The SMILES string of the molecule is C=C(C)/C=c1\c(=C/C)n(C2=CC=C=C2)c2ccccc12. The molecule has 1 aliphatic carbocycles. The van der Waals surface area contributed by atoms with Crippen LogP contribution in [0, 0.1) is 0 Å². The van der Waals surface area contributed by atoms with Crippen molar-refractivity contribution in [1.29, 1.82) is 0 Å². The van der Waals surface area contributed by atoms with Crippen molar-refractivity contribution in [3.63, 3.8) is 0 Å². The van der Waals surface area contributed by atoms with Crippen molar-refractivity contribution >= 4 is 28.8 Å². The molecular weight excluding hydrogens is 242 g/mol. The van der Waals surface area contributed by atoms with Gasteiger partial charge in [-0.15, -0.1) is 5.73 Å². The van der Waals surface area contributed by atoms with Gasteiger partial charge in [0.1, 0.15) is 0 Å². The van der Waals surface area contributed by atoms with Crippen molar-refractivity contribution < 1.29 is 0 Å². The second-order valence-corrected chi connectivity index (χ2v) is 5.00. The minimum Gasteiger partial charge on any atom is -0.309 e. The Kier molecular flexibility index (Phi) is 3.06. The van der Waals surface area contributed by atoms with Gasteiger partial charge < -0.3 is 4.57 Å². The molecule has 1 aromatic carbocycles. The van der Waals surface area contributed by atoms with Gasteiger partial charge in [-0.1, -0.05) is 36.4 Å². The van der Waals surface area contributed by atoms with Crippen LogP contribution in [0.2, 0.25) is 0 Å².